The van der Waals surface area contributed by atoms with E-state index in [1.165, 1.54) is 0 Å². The first kappa shape index (κ1) is 17.0. The molecule has 0 aliphatic carbocycles. The first-order chi connectivity index (χ1) is 8.46. The van der Waals surface area contributed by atoms with Crippen molar-refractivity contribution >= 4 is 21.1 Å². The molecular formula is C10H21NO6S2. The van der Waals surface area contributed by atoms with Gasteiger partial charge in [0, 0.05) is 0 Å². The summed E-state index contributed by atoms with van der Waals surface area (Å²) in [5.74, 6) is 0. The van der Waals surface area contributed by atoms with Crippen LogP contribution in [0.25, 0.3) is 0 Å². The van der Waals surface area contributed by atoms with Gasteiger partial charge in [-0.3, -0.25) is 4.55 Å². The Hall–Kier alpha value is -0.0600. The van der Waals surface area contributed by atoms with Crippen molar-refractivity contribution in [1.29, 1.82) is 0 Å². The minimum atomic E-state index is -4.46. The molecule has 1 rings (SSSR count). The van der Waals surface area contributed by atoms with Crippen molar-refractivity contribution in [3.05, 3.63) is 0 Å². The Morgan fingerprint density at radius 3 is 2.26 bits per heavy atom. The fraction of sp³-hybridized carbons (Fsp3) is 1.00. The van der Waals surface area contributed by atoms with Gasteiger partial charge in [-0.05, 0) is 33.6 Å². The third-order valence-electron chi connectivity index (χ3n) is 2.84. The van der Waals surface area contributed by atoms with Crippen LogP contribution < -0.4 is 4.72 Å². The molecule has 2 unspecified atom stereocenters. The second-order valence-corrected chi connectivity index (χ2v) is 9.31. The van der Waals surface area contributed by atoms with Gasteiger partial charge in [-0.2, -0.15) is 8.42 Å². The van der Waals surface area contributed by atoms with E-state index in [0.717, 1.165) is 0 Å². The van der Waals surface area contributed by atoms with E-state index >= 15 is 0 Å². The van der Waals surface area contributed by atoms with Gasteiger partial charge in [0.15, 0.2) is 5.44 Å². The van der Waals surface area contributed by atoms with Crippen LogP contribution in [0.1, 0.15) is 33.6 Å². The van der Waals surface area contributed by atoms with Crippen LogP contribution in [0.4, 0.5) is 0 Å². The molecule has 0 aromatic heterocycles. The summed E-state index contributed by atoms with van der Waals surface area (Å²) < 4.78 is 49.7. The van der Waals surface area contributed by atoms with E-state index in [2.05, 4.69) is 4.72 Å². The van der Waals surface area contributed by atoms with E-state index in [1.54, 1.807) is 0 Å². The van der Waals surface area contributed by atoms with E-state index < -0.39 is 36.8 Å². The zero-order valence-electron chi connectivity index (χ0n) is 11.2. The highest BCUT2D eigenvalue weighted by Crippen LogP contribution is 2.26. The Bertz CT molecular complexity index is 437. The molecule has 1 aliphatic heterocycles. The van der Waals surface area contributed by atoms with Gasteiger partial charge < -0.3 is 9.84 Å². The Morgan fingerprint density at radius 2 is 1.95 bits per heavy atom. The van der Waals surface area contributed by atoms with E-state index in [9.17, 15) is 17.7 Å². The number of aliphatic hydroxyl groups is 1. The van der Waals surface area contributed by atoms with E-state index in [0.29, 0.717) is 13.2 Å². The molecule has 2 atom stereocenters. The lowest BCUT2D eigenvalue weighted by Crippen LogP contribution is -2.62. The van der Waals surface area contributed by atoms with Crippen LogP contribution in [0.2, 0.25) is 0 Å². The summed E-state index contributed by atoms with van der Waals surface area (Å²) in [6, 6.07) is 0. The zero-order valence-corrected chi connectivity index (χ0v) is 12.9. The van der Waals surface area contributed by atoms with Gasteiger partial charge in [0.2, 0.25) is 0 Å². The van der Waals surface area contributed by atoms with E-state index in [4.69, 9.17) is 9.29 Å². The fourth-order valence-corrected chi connectivity index (χ4v) is 2.84. The summed E-state index contributed by atoms with van der Waals surface area (Å²) >= 11 is 0. The zero-order chi connectivity index (χ0) is 14.9. The van der Waals surface area contributed by atoms with Crippen LogP contribution in [-0.4, -0.2) is 51.2 Å². The summed E-state index contributed by atoms with van der Waals surface area (Å²) in [5, 5.41) is 9.28. The van der Waals surface area contributed by atoms with Crippen molar-refractivity contribution in [3.8, 4) is 0 Å². The van der Waals surface area contributed by atoms with Crippen molar-refractivity contribution in [2.24, 2.45) is 0 Å². The average molecular weight is 315 g/mol. The van der Waals surface area contributed by atoms with E-state index in [-0.39, 0.29) is 12.8 Å². The van der Waals surface area contributed by atoms with Gasteiger partial charge in [0.25, 0.3) is 10.1 Å². The van der Waals surface area contributed by atoms with Gasteiger partial charge in [0.05, 0.1) is 34.5 Å². The standard InChI is InChI=1S/C10H21NO6S2/c1-9(2,3)18(13)11-10(6-17-7-10)5-4-8(12)19(14,15)16/h8,11-12H,4-7H2,1-3H3,(H,14,15,16). The molecule has 0 spiro atoms. The normalized spacial score (nSPS) is 22.6. The van der Waals surface area contributed by atoms with Gasteiger partial charge in [-0.1, -0.05) is 0 Å². The van der Waals surface area contributed by atoms with Crippen LogP contribution in [0.15, 0.2) is 0 Å². The molecule has 1 fully saturated rings. The van der Waals surface area contributed by atoms with Crippen molar-refractivity contribution in [2.45, 2.75) is 49.3 Å². The number of rotatable bonds is 6. The maximum Gasteiger partial charge on any atom is 0.291 e. The predicted molar refractivity (Wildman–Crippen MR) is 71.4 cm³/mol. The Morgan fingerprint density at radius 1 is 1.42 bits per heavy atom. The smallest absolute Gasteiger partial charge is 0.291 e. The lowest BCUT2D eigenvalue weighted by atomic mass is 9.93. The molecule has 0 aromatic rings. The maximum atomic E-state index is 12.0. The molecule has 3 N–H and O–H groups in total. The van der Waals surface area contributed by atoms with Crippen molar-refractivity contribution < 1.29 is 27.0 Å². The molecular weight excluding hydrogens is 294 g/mol. The summed E-state index contributed by atoms with van der Waals surface area (Å²) in [4.78, 5) is 0. The number of hydrogen-bond acceptors (Lipinski definition) is 5. The second kappa shape index (κ2) is 5.74. The maximum absolute atomic E-state index is 12.0. The first-order valence-electron chi connectivity index (χ1n) is 5.88. The third-order valence-corrected chi connectivity index (χ3v) is 5.49. The summed E-state index contributed by atoms with van der Waals surface area (Å²) in [5.41, 5.74) is -2.43. The summed E-state index contributed by atoms with van der Waals surface area (Å²) in [6.45, 7) is 6.04. The summed E-state index contributed by atoms with van der Waals surface area (Å²) in [7, 11) is -5.77. The molecule has 0 aromatic carbocycles. The van der Waals surface area contributed by atoms with Crippen LogP contribution >= 0.6 is 0 Å². The first-order valence-corrected chi connectivity index (χ1v) is 8.53. The molecule has 1 aliphatic rings. The highest BCUT2D eigenvalue weighted by atomic mass is 32.2. The molecule has 0 amide bonds. The number of hydrogen-bond donors (Lipinski definition) is 3. The predicted octanol–water partition coefficient (Wildman–Crippen LogP) is -0.206. The lowest BCUT2D eigenvalue weighted by Gasteiger charge is -2.43. The Balaban J connectivity index is 2.60. The molecule has 19 heavy (non-hydrogen) atoms. The Kier molecular flexibility index (Phi) is 5.14. The molecule has 114 valence electrons. The molecule has 7 nitrogen and oxygen atoms in total. The largest absolute Gasteiger partial charge is 0.377 e. The quantitative estimate of drug-likeness (QED) is 0.585. The van der Waals surface area contributed by atoms with Crippen LogP contribution in [-0.2, 0) is 25.8 Å². The van der Waals surface area contributed by atoms with Crippen LogP contribution in [0.3, 0.4) is 0 Å². The highest BCUT2D eigenvalue weighted by molar-refractivity contribution is 7.86. The fourth-order valence-electron chi connectivity index (χ4n) is 1.50. The highest BCUT2D eigenvalue weighted by Gasteiger charge is 2.42. The van der Waals surface area contributed by atoms with Crippen molar-refractivity contribution in [1.82, 2.24) is 4.72 Å². The molecule has 1 heterocycles. The average Bonchev–Trinajstić information content (AvgIpc) is 2.17. The third kappa shape index (κ3) is 4.76. The van der Waals surface area contributed by atoms with Crippen LogP contribution in [0.5, 0.6) is 0 Å². The van der Waals surface area contributed by atoms with Crippen LogP contribution in [0, 0.1) is 0 Å². The van der Waals surface area contributed by atoms with Gasteiger partial charge in [-0.15, -0.1) is 0 Å². The van der Waals surface area contributed by atoms with Gasteiger partial charge in [0.1, 0.15) is 0 Å². The number of aliphatic hydroxyl groups excluding tert-OH is 1. The monoisotopic (exact) mass is 315 g/mol. The molecule has 0 radical (unpaired) electrons. The molecule has 9 heteroatoms. The van der Waals surface area contributed by atoms with E-state index in [1.807, 2.05) is 20.8 Å². The van der Waals surface area contributed by atoms with Gasteiger partial charge in [-0.25, -0.2) is 8.93 Å². The van der Waals surface area contributed by atoms with Crippen molar-refractivity contribution in [2.75, 3.05) is 13.2 Å². The summed E-state index contributed by atoms with van der Waals surface area (Å²) in [6.07, 6.45) is 0.103. The van der Waals surface area contributed by atoms with Gasteiger partial charge >= 0.3 is 0 Å². The molecule has 1 saturated heterocycles. The topological polar surface area (TPSA) is 113 Å². The van der Waals surface area contributed by atoms with Crippen molar-refractivity contribution in [3.63, 3.8) is 0 Å². The lowest BCUT2D eigenvalue weighted by molar-refractivity contribution is -0.0690. The minimum absolute atomic E-state index is 0.142. The Labute approximate surface area is 116 Å². The molecule has 0 bridgehead atoms. The minimum Gasteiger partial charge on any atom is -0.377 e. The second-order valence-electron chi connectivity index (χ2n) is 5.76. The molecule has 0 saturated carbocycles. The number of ether oxygens (including phenoxy) is 1. The number of nitrogens with one attached hydrogen (secondary N) is 1. The SMILES string of the molecule is CC(C)(C)S(=O)NC1(CCC(O)S(=O)(=O)O)COC1.